The second kappa shape index (κ2) is 7.22. The van der Waals surface area contributed by atoms with Gasteiger partial charge in [-0.15, -0.1) is 0 Å². The summed E-state index contributed by atoms with van der Waals surface area (Å²) in [6, 6.07) is 6.47. The minimum Gasteiger partial charge on any atom is -0.477 e. The fraction of sp³-hybridized carbons (Fsp3) is 0.600. The van der Waals surface area contributed by atoms with Crippen molar-refractivity contribution in [2.45, 2.75) is 25.0 Å². The van der Waals surface area contributed by atoms with Crippen molar-refractivity contribution in [1.82, 2.24) is 14.9 Å². The van der Waals surface area contributed by atoms with Gasteiger partial charge in [0.25, 0.3) is 0 Å². The molecule has 7 heteroatoms. The second-order valence-electron chi connectivity index (χ2n) is 7.83. The molecule has 2 aromatic rings. The predicted molar refractivity (Wildman–Crippen MR) is 102 cm³/mol. The quantitative estimate of drug-likeness (QED) is 0.851. The molecule has 1 saturated carbocycles. The number of anilines is 1. The molecule has 0 radical (unpaired) electrons. The van der Waals surface area contributed by atoms with Crippen molar-refractivity contribution >= 4 is 16.6 Å². The molecule has 1 aliphatic carbocycles. The van der Waals surface area contributed by atoms with Crippen molar-refractivity contribution < 1.29 is 14.6 Å². The highest BCUT2D eigenvalue weighted by atomic mass is 16.5. The van der Waals surface area contributed by atoms with E-state index in [1.807, 2.05) is 0 Å². The molecule has 2 aliphatic heterocycles. The molecule has 2 atom stereocenters. The summed E-state index contributed by atoms with van der Waals surface area (Å²) in [5.74, 6) is 1.39. The molecule has 3 aliphatic rings. The van der Waals surface area contributed by atoms with E-state index in [1.54, 1.807) is 6.33 Å². The summed E-state index contributed by atoms with van der Waals surface area (Å²) in [6.07, 6.45) is 3.75. The SMILES string of the molecule is OC1COCC1N1CCN(c2ccc3ncnc(OCC4CC4)c3c2)CC1. The molecular weight excluding hydrogens is 344 g/mol. The first kappa shape index (κ1) is 17.2. The Morgan fingerprint density at radius 3 is 2.70 bits per heavy atom. The number of aliphatic hydroxyl groups is 1. The van der Waals surface area contributed by atoms with Gasteiger partial charge < -0.3 is 19.5 Å². The standard InChI is InChI=1S/C20H26N4O3/c25-19-12-26-11-18(19)24-7-5-23(6-8-24)15-3-4-17-16(9-15)20(22-13-21-17)27-10-14-1-2-14/h3-4,9,13-14,18-19,25H,1-2,5-8,10-12H2. The lowest BCUT2D eigenvalue weighted by Crippen LogP contribution is -2.53. The van der Waals surface area contributed by atoms with Gasteiger partial charge in [-0.2, -0.15) is 0 Å². The number of piperazine rings is 1. The molecule has 27 heavy (non-hydrogen) atoms. The van der Waals surface area contributed by atoms with Gasteiger partial charge in [0.2, 0.25) is 5.88 Å². The third-order valence-electron chi connectivity index (χ3n) is 5.90. The number of aliphatic hydroxyl groups excluding tert-OH is 1. The lowest BCUT2D eigenvalue weighted by atomic mass is 10.1. The van der Waals surface area contributed by atoms with Crippen LogP contribution in [-0.2, 0) is 4.74 Å². The number of hydrogen-bond acceptors (Lipinski definition) is 7. The second-order valence-corrected chi connectivity index (χ2v) is 7.83. The molecule has 0 amide bonds. The molecule has 2 saturated heterocycles. The Hall–Kier alpha value is -1.96. The Bertz CT molecular complexity index is 805. The van der Waals surface area contributed by atoms with Crippen molar-refractivity contribution in [2.24, 2.45) is 5.92 Å². The maximum Gasteiger partial charge on any atom is 0.224 e. The van der Waals surface area contributed by atoms with Gasteiger partial charge in [0.05, 0.1) is 42.9 Å². The van der Waals surface area contributed by atoms with Gasteiger partial charge in [0.1, 0.15) is 6.33 Å². The van der Waals surface area contributed by atoms with Gasteiger partial charge in [-0.3, -0.25) is 4.90 Å². The van der Waals surface area contributed by atoms with Crippen LogP contribution in [0.1, 0.15) is 12.8 Å². The van der Waals surface area contributed by atoms with E-state index in [0.29, 0.717) is 25.0 Å². The lowest BCUT2D eigenvalue weighted by molar-refractivity contribution is 0.0785. The van der Waals surface area contributed by atoms with Gasteiger partial charge in [-0.25, -0.2) is 9.97 Å². The molecule has 0 spiro atoms. The van der Waals surface area contributed by atoms with Crippen molar-refractivity contribution in [3.8, 4) is 5.88 Å². The average Bonchev–Trinajstić information content (AvgIpc) is 3.45. The number of rotatable bonds is 5. The van der Waals surface area contributed by atoms with E-state index in [9.17, 15) is 5.11 Å². The van der Waals surface area contributed by atoms with E-state index >= 15 is 0 Å². The Morgan fingerprint density at radius 1 is 1.11 bits per heavy atom. The summed E-state index contributed by atoms with van der Waals surface area (Å²) < 4.78 is 11.4. The Balaban J connectivity index is 1.30. The van der Waals surface area contributed by atoms with Crippen LogP contribution in [0.3, 0.4) is 0 Å². The van der Waals surface area contributed by atoms with Crippen LogP contribution in [0.4, 0.5) is 5.69 Å². The van der Waals surface area contributed by atoms with Gasteiger partial charge >= 0.3 is 0 Å². The van der Waals surface area contributed by atoms with E-state index in [2.05, 4.69) is 38.0 Å². The molecule has 144 valence electrons. The van der Waals surface area contributed by atoms with Crippen LogP contribution < -0.4 is 9.64 Å². The lowest BCUT2D eigenvalue weighted by Gasteiger charge is -2.39. The smallest absolute Gasteiger partial charge is 0.224 e. The highest BCUT2D eigenvalue weighted by Crippen LogP contribution is 2.32. The van der Waals surface area contributed by atoms with Crippen LogP contribution in [0.5, 0.6) is 5.88 Å². The molecule has 0 bridgehead atoms. The van der Waals surface area contributed by atoms with E-state index < -0.39 is 0 Å². The fourth-order valence-corrected chi connectivity index (χ4v) is 4.01. The maximum atomic E-state index is 10.1. The highest BCUT2D eigenvalue weighted by molar-refractivity contribution is 5.86. The topological polar surface area (TPSA) is 71.0 Å². The first-order chi connectivity index (χ1) is 13.3. The number of aromatic nitrogens is 2. The zero-order valence-electron chi connectivity index (χ0n) is 15.5. The van der Waals surface area contributed by atoms with Crippen molar-refractivity contribution in [2.75, 3.05) is 50.9 Å². The van der Waals surface area contributed by atoms with Crippen LogP contribution in [0, 0.1) is 5.92 Å². The number of hydrogen-bond donors (Lipinski definition) is 1. The summed E-state index contributed by atoms with van der Waals surface area (Å²) in [4.78, 5) is 13.5. The van der Waals surface area contributed by atoms with E-state index in [1.165, 1.54) is 18.5 Å². The van der Waals surface area contributed by atoms with Crippen molar-refractivity contribution in [3.05, 3.63) is 24.5 Å². The third-order valence-corrected chi connectivity index (χ3v) is 5.90. The molecule has 5 rings (SSSR count). The number of fused-ring (bicyclic) bond motifs is 1. The molecule has 7 nitrogen and oxygen atoms in total. The van der Waals surface area contributed by atoms with Gasteiger partial charge in [-0.1, -0.05) is 0 Å². The van der Waals surface area contributed by atoms with Crippen LogP contribution in [-0.4, -0.2) is 78.1 Å². The highest BCUT2D eigenvalue weighted by Gasteiger charge is 2.33. The number of nitrogens with zero attached hydrogens (tertiary/aromatic N) is 4. The summed E-state index contributed by atoms with van der Waals surface area (Å²) in [5.41, 5.74) is 2.10. The van der Waals surface area contributed by atoms with Crippen LogP contribution in [0.2, 0.25) is 0 Å². The average molecular weight is 370 g/mol. The minimum atomic E-state index is -0.361. The summed E-state index contributed by atoms with van der Waals surface area (Å²) in [7, 11) is 0. The third kappa shape index (κ3) is 3.59. The van der Waals surface area contributed by atoms with Gasteiger partial charge in [0, 0.05) is 31.9 Å². The Labute approximate surface area is 158 Å². The fourth-order valence-electron chi connectivity index (χ4n) is 4.01. The predicted octanol–water partition coefficient (Wildman–Crippen LogP) is 1.30. The minimum absolute atomic E-state index is 0.139. The first-order valence-corrected chi connectivity index (χ1v) is 9.90. The van der Waals surface area contributed by atoms with E-state index in [0.717, 1.165) is 43.7 Å². The van der Waals surface area contributed by atoms with Gasteiger partial charge in [0.15, 0.2) is 0 Å². The van der Waals surface area contributed by atoms with Crippen molar-refractivity contribution in [1.29, 1.82) is 0 Å². The number of ether oxygens (including phenoxy) is 2. The normalized spacial score (nSPS) is 26.6. The summed E-state index contributed by atoms with van der Waals surface area (Å²) in [5, 5.41) is 11.0. The zero-order chi connectivity index (χ0) is 18.2. The first-order valence-electron chi connectivity index (χ1n) is 9.90. The Morgan fingerprint density at radius 2 is 1.96 bits per heavy atom. The molecule has 1 N–H and O–H groups in total. The van der Waals surface area contributed by atoms with Crippen LogP contribution in [0.15, 0.2) is 24.5 Å². The monoisotopic (exact) mass is 370 g/mol. The van der Waals surface area contributed by atoms with Crippen LogP contribution >= 0.6 is 0 Å². The summed E-state index contributed by atoms with van der Waals surface area (Å²) >= 11 is 0. The Kier molecular flexibility index (Phi) is 4.59. The molecule has 1 aromatic carbocycles. The largest absolute Gasteiger partial charge is 0.477 e. The van der Waals surface area contributed by atoms with Crippen molar-refractivity contribution in [3.63, 3.8) is 0 Å². The molecule has 2 unspecified atom stereocenters. The van der Waals surface area contributed by atoms with E-state index in [4.69, 9.17) is 9.47 Å². The molecule has 1 aromatic heterocycles. The molecular formula is C20H26N4O3. The van der Waals surface area contributed by atoms with Gasteiger partial charge in [-0.05, 0) is 37.0 Å². The zero-order valence-corrected chi connectivity index (χ0v) is 15.5. The maximum absolute atomic E-state index is 10.1. The van der Waals surface area contributed by atoms with Crippen LogP contribution in [0.25, 0.3) is 10.9 Å². The van der Waals surface area contributed by atoms with E-state index in [-0.39, 0.29) is 12.1 Å². The molecule has 3 fully saturated rings. The number of benzene rings is 1. The molecule has 3 heterocycles. The summed E-state index contributed by atoms with van der Waals surface area (Å²) in [6.45, 7) is 5.57.